The van der Waals surface area contributed by atoms with Crippen molar-refractivity contribution in [1.82, 2.24) is 8.54 Å². The van der Waals surface area contributed by atoms with E-state index in [0.29, 0.717) is 14.6 Å². The van der Waals surface area contributed by atoms with Crippen LogP contribution in [-0.4, -0.2) is 21.9 Å². The molecule has 0 saturated carbocycles. The first-order chi connectivity index (χ1) is 12.3. The fourth-order valence-electron chi connectivity index (χ4n) is 2.34. The maximum Gasteiger partial charge on any atom is 0.342 e. The van der Waals surface area contributed by atoms with Crippen molar-refractivity contribution in [2.75, 3.05) is 0 Å². The number of nitrogens with zero attached hydrogens (tertiary/aromatic N) is 3. The van der Waals surface area contributed by atoms with Gasteiger partial charge in [0.25, 0.3) is 15.7 Å². The lowest BCUT2D eigenvalue weighted by atomic mass is 10.2. The lowest BCUT2D eigenvalue weighted by Crippen LogP contribution is -2.29. The monoisotopic (exact) mass is 393 g/mol. The summed E-state index contributed by atoms with van der Waals surface area (Å²) in [7, 11) is -4.04. The van der Waals surface area contributed by atoms with Gasteiger partial charge in [0.1, 0.15) is 0 Å². The number of nitro groups is 1. The first-order valence-electron chi connectivity index (χ1n) is 7.31. The number of aromatic nitrogens is 2. The zero-order chi connectivity index (χ0) is 18.9. The van der Waals surface area contributed by atoms with Gasteiger partial charge in [-0.05, 0) is 29.8 Å². The van der Waals surface area contributed by atoms with Crippen LogP contribution in [0.15, 0.2) is 70.6 Å². The van der Waals surface area contributed by atoms with E-state index < -0.39 is 20.6 Å². The molecule has 0 unspecified atom stereocenters. The molecule has 10 heteroatoms. The van der Waals surface area contributed by atoms with Crippen LogP contribution in [0, 0.1) is 10.1 Å². The van der Waals surface area contributed by atoms with Gasteiger partial charge in [0.2, 0.25) is 0 Å². The molecular formula is C16H12ClN3O5S. The van der Waals surface area contributed by atoms with Gasteiger partial charge in [-0.25, -0.2) is 13.2 Å². The molecule has 0 atom stereocenters. The molecule has 134 valence electrons. The highest BCUT2D eigenvalue weighted by atomic mass is 35.5. The van der Waals surface area contributed by atoms with Gasteiger partial charge in [-0.3, -0.25) is 14.7 Å². The maximum absolute atomic E-state index is 12.6. The fraction of sp³-hybridized carbons (Fsp3) is 0.0625. The molecule has 0 bridgehead atoms. The topological polar surface area (TPSA) is 104 Å². The number of benzene rings is 2. The zero-order valence-electron chi connectivity index (χ0n) is 13.1. The summed E-state index contributed by atoms with van der Waals surface area (Å²) in [5, 5.41) is 11.0. The van der Waals surface area contributed by atoms with Crippen LogP contribution < -0.4 is 5.69 Å². The van der Waals surface area contributed by atoms with E-state index in [1.165, 1.54) is 59.3 Å². The van der Waals surface area contributed by atoms with Crippen molar-refractivity contribution in [2.45, 2.75) is 11.4 Å². The lowest BCUT2D eigenvalue weighted by molar-refractivity contribution is -0.384. The van der Waals surface area contributed by atoms with Crippen molar-refractivity contribution in [3.05, 3.63) is 92.1 Å². The summed E-state index contributed by atoms with van der Waals surface area (Å²) in [6.07, 6.45) is 2.51. The second kappa shape index (κ2) is 6.77. The average Bonchev–Trinajstić information content (AvgIpc) is 2.97. The molecule has 0 amide bonds. The van der Waals surface area contributed by atoms with Crippen LogP contribution in [0.25, 0.3) is 0 Å². The summed E-state index contributed by atoms with van der Waals surface area (Å²) in [5.74, 6) is 0. The molecule has 2 aromatic carbocycles. The quantitative estimate of drug-likeness (QED) is 0.489. The Hall–Kier alpha value is -2.91. The third-order valence-electron chi connectivity index (χ3n) is 3.69. The predicted octanol–water partition coefficient (Wildman–Crippen LogP) is 2.50. The molecule has 0 N–H and O–H groups in total. The molecule has 0 aliphatic rings. The molecule has 0 radical (unpaired) electrons. The van der Waals surface area contributed by atoms with Gasteiger partial charge in [0.05, 0.1) is 16.4 Å². The molecule has 0 fully saturated rings. The van der Waals surface area contributed by atoms with Crippen molar-refractivity contribution in [3.63, 3.8) is 0 Å². The zero-order valence-corrected chi connectivity index (χ0v) is 14.7. The normalized spacial score (nSPS) is 11.4. The van der Waals surface area contributed by atoms with Gasteiger partial charge >= 0.3 is 5.69 Å². The standard InChI is InChI=1S/C16H12ClN3O5S/c17-13-3-7-15(8-4-13)26(24,25)19-10-9-18(16(19)21)11-12-1-5-14(6-2-12)20(22)23/h1-10H,11H2. The molecule has 0 aliphatic heterocycles. The van der Waals surface area contributed by atoms with E-state index in [0.717, 1.165) is 6.20 Å². The van der Waals surface area contributed by atoms with Crippen LogP contribution in [-0.2, 0) is 16.6 Å². The number of hydrogen-bond donors (Lipinski definition) is 0. The van der Waals surface area contributed by atoms with Crippen molar-refractivity contribution in [2.24, 2.45) is 0 Å². The largest absolute Gasteiger partial charge is 0.342 e. The van der Waals surface area contributed by atoms with Crippen LogP contribution in [0.1, 0.15) is 5.56 Å². The van der Waals surface area contributed by atoms with E-state index in [1.807, 2.05) is 0 Å². The summed E-state index contributed by atoms with van der Waals surface area (Å²) < 4.78 is 27.0. The van der Waals surface area contributed by atoms with Crippen LogP contribution in [0.5, 0.6) is 0 Å². The van der Waals surface area contributed by atoms with E-state index in [1.54, 1.807) is 0 Å². The third-order valence-corrected chi connectivity index (χ3v) is 5.60. The van der Waals surface area contributed by atoms with Crippen LogP contribution in [0.2, 0.25) is 5.02 Å². The van der Waals surface area contributed by atoms with Gasteiger partial charge in [-0.15, -0.1) is 0 Å². The van der Waals surface area contributed by atoms with Crippen molar-refractivity contribution in [3.8, 4) is 0 Å². The summed E-state index contributed by atoms with van der Waals surface area (Å²) in [4.78, 5) is 22.5. The van der Waals surface area contributed by atoms with Crippen molar-refractivity contribution in [1.29, 1.82) is 0 Å². The molecule has 1 aromatic heterocycles. The van der Waals surface area contributed by atoms with Crippen molar-refractivity contribution >= 4 is 27.3 Å². The molecule has 8 nitrogen and oxygen atoms in total. The van der Waals surface area contributed by atoms with E-state index in [-0.39, 0.29) is 17.1 Å². The molecular weight excluding hydrogens is 382 g/mol. The summed E-state index contributed by atoms with van der Waals surface area (Å²) in [6.45, 7) is 0.0833. The van der Waals surface area contributed by atoms with E-state index >= 15 is 0 Å². The second-order valence-electron chi connectivity index (χ2n) is 5.39. The number of rotatable bonds is 5. The summed E-state index contributed by atoms with van der Waals surface area (Å²) in [5.41, 5.74) is -0.179. The van der Waals surface area contributed by atoms with Crippen molar-refractivity contribution < 1.29 is 13.3 Å². The Morgan fingerprint density at radius 2 is 1.62 bits per heavy atom. The lowest BCUT2D eigenvalue weighted by Gasteiger charge is -2.05. The Bertz CT molecular complexity index is 1120. The van der Waals surface area contributed by atoms with Crippen LogP contribution in [0.3, 0.4) is 0 Å². The molecule has 0 saturated heterocycles. The Kier molecular flexibility index (Phi) is 4.66. The highest BCUT2D eigenvalue weighted by Crippen LogP contribution is 2.16. The van der Waals surface area contributed by atoms with Crippen LogP contribution >= 0.6 is 11.6 Å². The van der Waals surface area contributed by atoms with E-state index in [2.05, 4.69) is 0 Å². The van der Waals surface area contributed by atoms with Gasteiger partial charge in [0.15, 0.2) is 0 Å². The minimum Gasteiger partial charge on any atom is -0.294 e. The number of halogens is 1. The van der Waals surface area contributed by atoms with Gasteiger partial charge in [0, 0.05) is 29.5 Å². The Morgan fingerprint density at radius 3 is 2.19 bits per heavy atom. The number of hydrogen-bond acceptors (Lipinski definition) is 5. The Labute approximate surface area is 153 Å². The molecule has 26 heavy (non-hydrogen) atoms. The SMILES string of the molecule is O=c1n(Cc2ccc([N+](=O)[O-])cc2)ccn1S(=O)(=O)c1ccc(Cl)cc1. The third kappa shape index (κ3) is 3.39. The number of nitro benzene ring substituents is 1. The van der Waals surface area contributed by atoms with E-state index in [9.17, 15) is 23.3 Å². The number of non-ortho nitro benzene ring substituents is 1. The smallest absolute Gasteiger partial charge is 0.294 e. The fourth-order valence-corrected chi connectivity index (χ4v) is 3.70. The molecule has 3 aromatic rings. The van der Waals surface area contributed by atoms with E-state index in [4.69, 9.17) is 11.6 Å². The molecule has 1 heterocycles. The summed E-state index contributed by atoms with van der Waals surface area (Å²) >= 11 is 5.75. The first-order valence-corrected chi connectivity index (χ1v) is 9.13. The molecule has 0 aliphatic carbocycles. The van der Waals surface area contributed by atoms with Crippen LogP contribution in [0.4, 0.5) is 5.69 Å². The maximum atomic E-state index is 12.6. The molecule has 3 rings (SSSR count). The first kappa shape index (κ1) is 17.9. The summed E-state index contributed by atoms with van der Waals surface area (Å²) in [6, 6.07) is 11.1. The van der Waals surface area contributed by atoms with Gasteiger partial charge in [-0.2, -0.15) is 3.97 Å². The molecule has 0 spiro atoms. The average molecular weight is 394 g/mol. The second-order valence-corrected chi connectivity index (χ2v) is 7.64. The van der Waals surface area contributed by atoms with Gasteiger partial charge < -0.3 is 0 Å². The Balaban J connectivity index is 1.91. The minimum atomic E-state index is -4.04. The minimum absolute atomic E-state index is 0.0583. The van der Waals surface area contributed by atoms with Gasteiger partial charge in [-0.1, -0.05) is 23.7 Å². The highest BCUT2D eigenvalue weighted by molar-refractivity contribution is 7.90. The Morgan fingerprint density at radius 1 is 1.00 bits per heavy atom. The predicted molar refractivity (Wildman–Crippen MR) is 94.9 cm³/mol. The number of imidazole rings is 1. The highest BCUT2D eigenvalue weighted by Gasteiger charge is 2.20.